The predicted octanol–water partition coefficient (Wildman–Crippen LogP) is 3.45. The molecule has 0 aliphatic heterocycles. The monoisotopic (exact) mass is 164 g/mol. The molecule has 0 saturated heterocycles. The second-order valence-electron chi connectivity index (χ2n) is 2.27. The van der Waals surface area contributed by atoms with Gasteiger partial charge in [-0.25, -0.2) is 0 Å². The van der Waals surface area contributed by atoms with E-state index >= 15 is 0 Å². The molecule has 0 N–H and O–H groups in total. The van der Waals surface area contributed by atoms with Crippen molar-refractivity contribution in [2.75, 3.05) is 0 Å². The van der Waals surface area contributed by atoms with Gasteiger partial charge in [0.2, 0.25) is 0 Å². The average Bonchev–Trinajstić information content (AvgIpc) is 2.07. The van der Waals surface area contributed by atoms with E-state index < -0.39 is 0 Å². The van der Waals surface area contributed by atoms with Gasteiger partial charge in [0.25, 0.3) is 0 Å². The molecule has 1 aromatic rings. The fraction of sp³-hybridized carbons (Fsp3) is 0.200. The van der Waals surface area contributed by atoms with Gasteiger partial charge in [0.05, 0.1) is 0 Å². The normalized spacial score (nSPS) is 10.6. The van der Waals surface area contributed by atoms with Gasteiger partial charge in [-0.3, -0.25) is 0 Å². The van der Waals surface area contributed by atoms with Crippen LogP contribution in [0, 0.1) is 0 Å². The zero-order valence-electron chi connectivity index (χ0n) is 6.66. The van der Waals surface area contributed by atoms with Gasteiger partial charge in [-0.2, -0.15) is 0 Å². The van der Waals surface area contributed by atoms with E-state index in [2.05, 4.69) is 35.7 Å². The Labute approximate surface area is 72.3 Å². The number of benzene rings is 1. The Kier molecular flexibility index (Phi) is 3.84. The lowest BCUT2D eigenvalue weighted by Gasteiger charge is -1.95. The second kappa shape index (κ2) is 5.03. The van der Waals surface area contributed by atoms with E-state index in [0.717, 1.165) is 5.75 Å². The van der Waals surface area contributed by atoms with Crippen molar-refractivity contribution in [3.63, 3.8) is 0 Å². The Bertz CT molecular complexity index is 214. The van der Waals surface area contributed by atoms with Crippen LogP contribution in [0.5, 0.6) is 0 Å². The van der Waals surface area contributed by atoms with Gasteiger partial charge >= 0.3 is 0 Å². The van der Waals surface area contributed by atoms with Gasteiger partial charge in [-0.05, 0) is 17.9 Å². The molecule has 0 fully saturated rings. The molecule has 0 aliphatic rings. The zero-order chi connectivity index (χ0) is 7.94. The number of rotatable bonds is 3. The lowest BCUT2D eigenvalue weighted by molar-refractivity contribution is 1.42. The van der Waals surface area contributed by atoms with E-state index in [9.17, 15) is 0 Å². The molecule has 0 spiro atoms. The summed E-state index contributed by atoms with van der Waals surface area (Å²) in [5, 5.41) is 2.12. The maximum absolute atomic E-state index is 2.15. The Morgan fingerprint density at radius 1 is 1.27 bits per heavy atom. The minimum absolute atomic E-state index is 1.07. The van der Waals surface area contributed by atoms with Crippen LogP contribution in [0.2, 0.25) is 0 Å². The summed E-state index contributed by atoms with van der Waals surface area (Å²) < 4.78 is 0. The highest BCUT2D eigenvalue weighted by Crippen LogP contribution is 2.11. The quantitative estimate of drug-likeness (QED) is 0.659. The summed E-state index contributed by atoms with van der Waals surface area (Å²) in [6.45, 7) is 2.04. The van der Waals surface area contributed by atoms with Crippen molar-refractivity contribution in [2.24, 2.45) is 0 Å². The molecular weight excluding hydrogens is 152 g/mol. The summed E-state index contributed by atoms with van der Waals surface area (Å²) in [4.78, 5) is 0. The highest BCUT2D eigenvalue weighted by atomic mass is 32.2. The summed E-state index contributed by atoms with van der Waals surface area (Å²) in [6.07, 6.45) is 2.06. The topological polar surface area (TPSA) is 0 Å². The highest BCUT2D eigenvalue weighted by molar-refractivity contribution is 8.01. The van der Waals surface area contributed by atoms with Crippen LogP contribution in [0.1, 0.15) is 12.5 Å². The maximum Gasteiger partial charge on any atom is 0.0225 e. The summed E-state index contributed by atoms with van der Waals surface area (Å²) in [5.74, 6) is 1.07. The van der Waals surface area contributed by atoms with Crippen LogP contribution in [0.15, 0.2) is 41.8 Å². The van der Waals surface area contributed by atoms with E-state index in [1.165, 1.54) is 5.56 Å². The van der Waals surface area contributed by atoms with Crippen LogP contribution in [-0.2, 0) is 5.75 Å². The van der Waals surface area contributed by atoms with Crippen LogP contribution in [0.3, 0.4) is 0 Å². The number of hydrogen-bond donors (Lipinski definition) is 0. The molecule has 0 atom stereocenters. The Morgan fingerprint density at radius 3 is 2.64 bits per heavy atom. The predicted molar refractivity (Wildman–Crippen MR) is 52.6 cm³/mol. The van der Waals surface area contributed by atoms with Crippen LogP contribution in [-0.4, -0.2) is 0 Å². The van der Waals surface area contributed by atoms with Crippen molar-refractivity contribution in [2.45, 2.75) is 12.7 Å². The van der Waals surface area contributed by atoms with Crippen molar-refractivity contribution < 1.29 is 0 Å². The summed E-state index contributed by atoms with van der Waals surface area (Å²) >= 11 is 1.83. The van der Waals surface area contributed by atoms with Crippen molar-refractivity contribution in [3.05, 3.63) is 47.4 Å². The standard InChI is InChI=1S/C10H12S/c1-2-8-11-9-10-6-4-3-5-7-10/h2-8H,9H2,1H3/b8-2+. The molecule has 0 heterocycles. The van der Waals surface area contributed by atoms with Gasteiger partial charge in [0, 0.05) is 5.75 Å². The van der Waals surface area contributed by atoms with Crippen LogP contribution >= 0.6 is 11.8 Å². The first-order valence-electron chi connectivity index (χ1n) is 3.70. The van der Waals surface area contributed by atoms with E-state index in [1.807, 2.05) is 24.8 Å². The summed E-state index contributed by atoms with van der Waals surface area (Å²) in [5.41, 5.74) is 1.38. The first-order chi connectivity index (χ1) is 5.43. The zero-order valence-corrected chi connectivity index (χ0v) is 7.47. The van der Waals surface area contributed by atoms with E-state index in [0.29, 0.717) is 0 Å². The third-order valence-electron chi connectivity index (χ3n) is 1.33. The molecule has 1 aromatic carbocycles. The third kappa shape index (κ3) is 3.28. The Morgan fingerprint density at radius 2 is 2.00 bits per heavy atom. The maximum atomic E-state index is 2.15. The molecule has 11 heavy (non-hydrogen) atoms. The van der Waals surface area contributed by atoms with Gasteiger partial charge in [-0.1, -0.05) is 36.4 Å². The van der Waals surface area contributed by atoms with E-state index in [4.69, 9.17) is 0 Å². The first kappa shape index (κ1) is 8.41. The SMILES string of the molecule is C/C=C/SCc1ccccc1. The first-order valence-corrected chi connectivity index (χ1v) is 4.75. The molecule has 0 nitrogen and oxygen atoms in total. The molecule has 0 aromatic heterocycles. The number of allylic oxidation sites excluding steroid dienone is 1. The molecule has 0 amide bonds. The van der Waals surface area contributed by atoms with Gasteiger partial charge in [-0.15, -0.1) is 11.8 Å². The minimum Gasteiger partial charge on any atom is -0.130 e. The summed E-state index contributed by atoms with van der Waals surface area (Å²) in [6, 6.07) is 10.5. The average molecular weight is 164 g/mol. The van der Waals surface area contributed by atoms with Crippen LogP contribution in [0.4, 0.5) is 0 Å². The number of hydrogen-bond acceptors (Lipinski definition) is 1. The molecule has 1 heteroatoms. The van der Waals surface area contributed by atoms with Crippen molar-refractivity contribution >= 4 is 11.8 Å². The largest absolute Gasteiger partial charge is 0.130 e. The molecule has 0 radical (unpaired) electrons. The number of thioether (sulfide) groups is 1. The van der Waals surface area contributed by atoms with Crippen molar-refractivity contribution in [1.29, 1.82) is 0 Å². The lowest BCUT2D eigenvalue weighted by atomic mass is 10.2. The van der Waals surface area contributed by atoms with E-state index in [1.54, 1.807) is 0 Å². The molecule has 1 rings (SSSR count). The molecule has 0 unspecified atom stereocenters. The Hall–Kier alpha value is -0.690. The Balaban J connectivity index is 2.39. The minimum atomic E-state index is 1.07. The van der Waals surface area contributed by atoms with Gasteiger partial charge in [0.15, 0.2) is 0 Å². The van der Waals surface area contributed by atoms with Crippen LogP contribution in [0.25, 0.3) is 0 Å². The second-order valence-corrected chi connectivity index (χ2v) is 3.16. The molecule has 0 saturated carbocycles. The summed E-state index contributed by atoms with van der Waals surface area (Å²) in [7, 11) is 0. The highest BCUT2D eigenvalue weighted by Gasteiger charge is 1.86. The van der Waals surface area contributed by atoms with Gasteiger partial charge in [0.1, 0.15) is 0 Å². The fourth-order valence-electron chi connectivity index (χ4n) is 0.815. The molecule has 0 aliphatic carbocycles. The van der Waals surface area contributed by atoms with Crippen molar-refractivity contribution in [3.8, 4) is 0 Å². The third-order valence-corrected chi connectivity index (χ3v) is 2.29. The molecule has 58 valence electrons. The van der Waals surface area contributed by atoms with Gasteiger partial charge < -0.3 is 0 Å². The fourth-order valence-corrected chi connectivity index (χ4v) is 1.49. The molecular formula is C10H12S. The van der Waals surface area contributed by atoms with E-state index in [-0.39, 0.29) is 0 Å². The molecule has 0 bridgehead atoms. The van der Waals surface area contributed by atoms with Crippen molar-refractivity contribution in [1.82, 2.24) is 0 Å². The van der Waals surface area contributed by atoms with Crippen LogP contribution < -0.4 is 0 Å². The smallest absolute Gasteiger partial charge is 0.0225 e. The lowest BCUT2D eigenvalue weighted by Crippen LogP contribution is -1.74.